The van der Waals surface area contributed by atoms with Gasteiger partial charge in [-0.15, -0.1) is 0 Å². The van der Waals surface area contributed by atoms with Gasteiger partial charge in [-0.05, 0) is 82.9 Å². The van der Waals surface area contributed by atoms with Crippen molar-refractivity contribution in [2.24, 2.45) is 5.92 Å². The third-order valence-electron chi connectivity index (χ3n) is 7.73. The first-order valence-corrected chi connectivity index (χ1v) is 13.1. The minimum absolute atomic E-state index is 0.0245. The van der Waals surface area contributed by atoms with Crippen LogP contribution in [-0.2, 0) is 5.97 Å². The molecule has 1 saturated heterocycles. The average Bonchev–Trinajstić information content (AvgIpc) is 3.34. The third kappa shape index (κ3) is 5.69. The predicted octanol–water partition coefficient (Wildman–Crippen LogP) is 2.87. The van der Waals surface area contributed by atoms with Gasteiger partial charge in [0.2, 0.25) is 0 Å². The summed E-state index contributed by atoms with van der Waals surface area (Å²) in [5.74, 6) is 3.43. The van der Waals surface area contributed by atoms with Gasteiger partial charge in [-0.1, -0.05) is 24.3 Å². The van der Waals surface area contributed by atoms with E-state index in [4.69, 9.17) is 10.5 Å². The summed E-state index contributed by atoms with van der Waals surface area (Å²) in [7, 11) is 2.12. The summed E-state index contributed by atoms with van der Waals surface area (Å²) in [5.41, 5.74) is 7.08. The van der Waals surface area contributed by atoms with E-state index < -0.39 is 11.6 Å². The summed E-state index contributed by atoms with van der Waals surface area (Å²) < 4.78 is 7.56. The van der Waals surface area contributed by atoms with Gasteiger partial charge in [0.1, 0.15) is 5.60 Å². The van der Waals surface area contributed by atoms with Crippen LogP contribution < -0.4 is 10.5 Å². The predicted molar refractivity (Wildman–Crippen MR) is 144 cm³/mol. The maximum Gasteiger partial charge on any atom is 0.351 e. The zero-order valence-corrected chi connectivity index (χ0v) is 21.8. The topological polar surface area (TPSA) is 130 Å². The quantitative estimate of drug-likeness (QED) is 0.290. The zero-order valence-electron chi connectivity index (χ0n) is 21.8. The normalized spacial score (nSPS) is 18.8. The summed E-state index contributed by atoms with van der Waals surface area (Å²) in [6.07, 6.45) is 10.4. The number of nitrogens with two attached hydrogens (primary N) is 1. The molecule has 3 aromatic rings. The highest BCUT2D eigenvalue weighted by Crippen LogP contribution is 2.36. The van der Waals surface area contributed by atoms with E-state index in [0.717, 1.165) is 50.8 Å². The molecule has 200 valence electrons. The van der Waals surface area contributed by atoms with Crippen molar-refractivity contribution in [2.75, 3.05) is 25.9 Å². The second-order valence-electron chi connectivity index (χ2n) is 10.7. The first kappa shape index (κ1) is 26.2. The first-order valence-electron chi connectivity index (χ1n) is 13.1. The largest absolute Gasteiger partial charge is 0.432 e. The SMILES string of the molecule is CN1CCC(n2cc(-c3cnc(N)c(OC(O)(O)c4cccc(C#CC(C)(O)C5CCC5)c4)c3)cn2)CC1. The first-order chi connectivity index (χ1) is 18.1. The number of nitrogens with zero attached hydrogens (tertiary/aromatic N) is 4. The molecule has 0 radical (unpaired) electrons. The van der Waals surface area contributed by atoms with Crippen molar-refractivity contribution >= 4 is 5.82 Å². The molecule has 1 saturated carbocycles. The average molecular weight is 518 g/mol. The van der Waals surface area contributed by atoms with Crippen LogP contribution in [0.5, 0.6) is 5.75 Å². The van der Waals surface area contributed by atoms with Crippen LogP contribution in [0.15, 0.2) is 48.9 Å². The van der Waals surface area contributed by atoms with Crippen LogP contribution in [0.1, 0.15) is 56.2 Å². The van der Waals surface area contributed by atoms with Gasteiger partial charge in [-0.25, -0.2) is 4.98 Å². The van der Waals surface area contributed by atoms with Gasteiger partial charge >= 0.3 is 5.97 Å². The Balaban J connectivity index is 1.33. The second-order valence-corrected chi connectivity index (χ2v) is 10.7. The number of aromatic nitrogens is 3. The lowest BCUT2D eigenvalue weighted by Gasteiger charge is -2.35. The fourth-order valence-corrected chi connectivity index (χ4v) is 4.92. The fraction of sp³-hybridized carbons (Fsp3) is 0.448. The van der Waals surface area contributed by atoms with Gasteiger partial charge in [0.25, 0.3) is 0 Å². The molecule has 9 heteroatoms. The highest BCUT2D eigenvalue weighted by molar-refractivity contribution is 5.66. The molecule has 1 atom stereocenters. The Bertz CT molecular complexity index is 1340. The highest BCUT2D eigenvalue weighted by Gasteiger charge is 2.35. The zero-order chi connectivity index (χ0) is 26.9. The number of aliphatic hydroxyl groups is 3. The molecule has 0 bridgehead atoms. The van der Waals surface area contributed by atoms with E-state index in [0.29, 0.717) is 17.2 Å². The van der Waals surface area contributed by atoms with Crippen LogP contribution in [0.3, 0.4) is 0 Å². The molecule has 1 aliphatic heterocycles. The number of benzene rings is 1. The van der Waals surface area contributed by atoms with E-state index in [1.165, 1.54) is 12.1 Å². The molecule has 9 nitrogen and oxygen atoms in total. The Hall–Kier alpha value is -3.42. The minimum atomic E-state index is -2.68. The smallest absolute Gasteiger partial charge is 0.351 e. The van der Waals surface area contributed by atoms with Crippen molar-refractivity contribution in [1.82, 2.24) is 19.7 Å². The lowest BCUT2D eigenvalue weighted by molar-refractivity contribution is -0.303. The molecular weight excluding hydrogens is 482 g/mol. The molecule has 2 aliphatic rings. The van der Waals surface area contributed by atoms with Crippen molar-refractivity contribution in [3.63, 3.8) is 0 Å². The minimum Gasteiger partial charge on any atom is -0.432 e. The van der Waals surface area contributed by atoms with E-state index >= 15 is 0 Å². The van der Waals surface area contributed by atoms with Gasteiger partial charge in [0.05, 0.1) is 17.8 Å². The Kier molecular flexibility index (Phi) is 7.16. The molecule has 1 aromatic carbocycles. The van der Waals surface area contributed by atoms with E-state index in [2.05, 4.69) is 33.9 Å². The molecular formula is C29H35N5O4. The molecule has 0 amide bonds. The van der Waals surface area contributed by atoms with Crippen LogP contribution in [0.4, 0.5) is 5.82 Å². The molecule has 3 heterocycles. The number of rotatable bonds is 6. The van der Waals surface area contributed by atoms with Gasteiger partial charge in [0.15, 0.2) is 11.6 Å². The van der Waals surface area contributed by atoms with Crippen LogP contribution in [0, 0.1) is 17.8 Å². The number of likely N-dealkylation sites (tertiary alicyclic amines) is 1. The number of hydrogen-bond acceptors (Lipinski definition) is 8. The number of anilines is 1. The lowest BCUT2D eigenvalue weighted by Crippen LogP contribution is -2.37. The Morgan fingerprint density at radius 2 is 1.82 bits per heavy atom. The van der Waals surface area contributed by atoms with Crippen LogP contribution in [0.2, 0.25) is 0 Å². The van der Waals surface area contributed by atoms with Gasteiger partial charge in [-0.3, -0.25) is 4.68 Å². The van der Waals surface area contributed by atoms with Crippen LogP contribution in [-0.4, -0.2) is 60.7 Å². The molecule has 2 aromatic heterocycles. The number of ether oxygens (including phenoxy) is 1. The summed E-state index contributed by atoms with van der Waals surface area (Å²) in [6.45, 7) is 3.78. The number of piperidine rings is 1. The Morgan fingerprint density at radius 3 is 2.53 bits per heavy atom. The third-order valence-corrected chi connectivity index (χ3v) is 7.73. The van der Waals surface area contributed by atoms with Crippen molar-refractivity contribution in [3.05, 3.63) is 60.0 Å². The van der Waals surface area contributed by atoms with Crippen LogP contribution >= 0.6 is 0 Å². The number of pyridine rings is 1. The Labute approximate surface area is 222 Å². The second kappa shape index (κ2) is 10.4. The number of hydrogen-bond donors (Lipinski definition) is 4. The summed E-state index contributed by atoms with van der Waals surface area (Å²) >= 11 is 0. The summed E-state index contributed by atoms with van der Waals surface area (Å²) in [5, 5.41) is 36.9. The maximum atomic E-state index is 10.8. The van der Waals surface area contributed by atoms with Gasteiger partial charge in [0, 0.05) is 29.1 Å². The van der Waals surface area contributed by atoms with Crippen molar-refractivity contribution < 1.29 is 20.1 Å². The standard InChI is InChI=1S/C29H35N5O4/c1-28(35,23-6-4-7-23)12-9-20-5-3-8-24(15-20)29(36,37)38-26-16-21(17-31-27(26)30)22-18-32-34(19-22)25-10-13-33(2)14-11-25/h3,5,8,15-19,23,25,35-37H,4,6-7,10-11,13-14H2,1-2H3,(H2,30,31). The molecule has 1 unspecified atom stereocenters. The molecule has 5 rings (SSSR count). The van der Waals surface area contributed by atoms with E-state index in [-0.39, 0.29) is 23.0 Å². The molecule has 38 heavy (non-hydrogen) atoms. The van der Waals surface area contributed by atoms with E-state index in [1.807, 2.05) is 10.9 Å². The highest BCUT2D eigenvalue weighted by atomic mass is 16.8. The van der Waals surface area contributed by atoms with Crippen LogP contribution in [0.25, 0.3) is 11.1 Å². The molecule has 0 spiro atoms. The summed E-state index contributed by atoms with van der Waals surface area (Å²) in [6, 6.07) is 8.39. The monoisotopic (exact) mass is 517 g/mol. The van der Waals surface area contributed by atoms with Crippen molar-refractivity contribution in [3.8, 4) is 28.7 Å². The fourth-order valence-electron chi connectivity index (χ4n) is 4.92. The van der Waals surface area contributed by atoms with E-state index in [9.17, 15) is 15.3 Å². The van der Waals surface area contributed by atoms with Crippen molar-refractivity contribution in [1.29, 1.82) is 0 Å². The van der Waals surface area contributed by atoms with E-state index in [1.54, 1.807) is 37.5 Å². The molecule has 1 aliphatic carbocycles. The summed E-state index contributed by atoms with van der Waals surface area (Å²) in [4.78, 5) is 6.52. The Morgan fingerprint density at radius 1 is 1.05 bits per heavy atom. The number of nitrogen functional groups attached to an aromatic ring is 1. The van der Waals surface area contributed by atoms with Gasteiger partial charge < -0.3 is 30.7 Å². The molecule has 5 N–H and O–H groups in total. The van der Waals surface area contributed by atoms with Gasteiger partial charge in [-0.2, -0.15) is 5.10 Å². The maximum absolute atomic E-state index is 10.8. The molecule has 2 fully saturated rings. The van der Waals surface area contributed by atoms with Crippen molar-refractivity contribution in [2.45, 2.75) is 56.6 Å². The lowest BCUT2D eigenvalue weighted by atomic mass is 9.74.